The maximum Gasteiger partial charge on any atom is 0.306 e. The van der Waals surface area contributed by atoms with Crippen LogP contribution in [-0.2, 0) is 25.5 Å². The summed E-state index contributed by atoms with van der Waals surface area (Å²) in [6, 6.07) is -0.736. The summed E-state index contributed by atoms with van der Waals surface area (Å²) >= 11 is 1.20. The van der Waals surface area contributed by atoms with Crippen LogP contribution in [0.2, 0.25) is 0 Å². The molecule has 0 spiro atoms. The Bertz CT molecular complexity index is 1230. The van der Waals surface area contributed by atoms with E-state index in [2.05, 4.69) is 20.3 Å². The molecule has 42 heavy (non-hydrogen) atoms. The van der Waals surface area contributed by atoms with E-state index in [1.54, 1.807) is 36.6 Å². The molecular weight excluding hydrogens is 558 g/mol. The zero-order chi connectivity index (χ0) is 31.0. The highest BCUT2D eigenvalue weighted by Gasteiger charge is 2.32. The first-order valence-electron chi connectivity index (χ1n) is 14.5. The van der Waals surface area contributed by atoms with Gasteiger partial charge in [-0.2, -0.15) is 0 Å². The van der Waals surface area contributed by atoms with Crippen LogP contribution < -0.4 is 5.32 Å². The zero-order valence-corrected chi connectivity index (χ0v) is 26.1. The van der Waals surface area contributed by atoms with Crippen molar-refractivity contribution in [1.29, 1.82) is 0 Å². The summed E-state index contributed by atoms with van der Waals surface area (Å²) in [6.45, 7) is 8.83. The molecular formula is C30H43N5O6S. The van der Waals surface area contributed by atoms with Gasteiger partial charge in [-0.1, -0.05) is 33.6 Å². The first-order chi connectivity index (χ1) is 19.8. The largest absolute Gasteiger partial charge is 0.481 e. The van der Waals surface area contributed by atoms with E-state index >= 15 is 0 Å². The summed E-state index contributed by atoms with van der Waals surface area (Å²) in [6.07, 6.45) is 7.18. The second-order valence-corrected chi connectivity index (χ2v) is 12.6. The van der Waals surface area contributed by atoms with E-state index in [0.29, 0.717) is 29.6 Å². The molecule has 2 aromatic rings. The van der Waals surface area contributed by atoms with Crippen molar-refractivity contribution < 1.29 is 29.0 Å². The number of aliphatic carboxylic acids is 1. The van der Waals surface area contributed by atoms with E-state index in [9.17, 15) is 24.3 Å². The number of rotatable bonds is 16. The lowest BCUT2D eigenvalue weighted by molar-refractivity contribution is -0.148. The van der Waals surface area contributed by atoms with Gasteiger partial charge in [-0.3, -0.25) is 19.2 Å². The Labute approximate surface area is 251 Å². The number of ether oxygens (including phenoxy) is 1. The van der Waals surface area contributed by atoms with Crippen molar-refractivity contribution >= 4 is 35.1 Å². The van der Waals surface area contributed by atoms with Crippen molar-refractivity contribution in [1.82, 2.24) is 25.2 Å². The summed E-state index contributed by atoms with van der Waals surface area (Å²) in [7, 11) is 1.79. The highest BCUT2D eigenvalue weighted by Crippen LogP contribution is 2.34. The van der Waals surface area contributed by atoms with E-state index in [1.807, 2.05) is 20.8 Å². The Kier molecular flexibility index (Phi) is 12.0. The first kappa shape index (κ1) is 33.1. The molecule has 2 N–H and O–H groups in total. The average molecular weight is 602 g/mol. The monoisotopic (exact) mass is 601 g/mol. The number of carboxylic acids is 1. The van der Waals surface area contributed by atoms with Crippen LogP contribution in [0.4, 0.5) is 0 Å². The Morgan fingerprint density at radius 1 is 1.14 bits per heavy atom. The summed E-state index contributed by atoms with van der Waals surface area (Å²) in [5, 5.41) is 14.4. The molecule has 0 saturated heterocycles. The minimum Gasteiger partial charge on any atom is -0.481 e. The number of amides is 2. The molecule has 1 unspecified atom stereocenters. The molecule has 1 aliphatic carbocycles. The lowest BCUT2D eigenvalue weighted by Gasteiger charge is -2.33. The van der Waals surface area contributed by atoms with Gasteiger partial charge in [0.25, 0.3) is 5.91 Å². The van der Waals surface area contributed by atoms with Gasteiger partial charge in [0.1, 0.15) is 16.5 Å². The normalized spacial score (nSPS) is 15.9. The fourth-order valence-electron chi connectivity index (χ4n) is 4.86. The number of carbonyl (C=O) groups excluding carboxylic acids is 3. The number of carbonyl (C=O) groups is 4. The van der Waals surface area contributed by atoms with Crippen molar-refractivity contribution in [3.05, 3.63) is 39.9 Å². The predicted octanol–water partition coefficient (Wildman–Crippen LogP) is 4.36. The standard InChI is InChI=1S/C30H43N5O6S/c1-17(2)24(35(6)27(37)10-9-21-7-8-21)13-25(41-20(5)36)29-34-23(16-42-29)28(38)33-22(11-19(4)30(39)40)12-26-31-14-18(3)15-32-26/h14-17,19,21-22,24-25H,7-13H2,1-6H3,(H,33,38)(H,39,40)/t19-,22+,24?,25+/m0/s1. The van der Waals surface area contributed by atoms with E-state index in [0.717, 1.165) is 12.0 Å². The molecule has 1 fully saturated rings. The van der Waals surface area contributed by atoms with E-state index < -0.39 is 35.9 Å². The second-order valence-electron chi connectivity index (χ2n) is 11.7. The lowest BCUT2D eigenvalue weighted by Crippen LogP contribution is -2.41. The number of hydrogen-bond donors (Lipinski definition) is 2. The van der Waals surface area contributed by atoms with Gasteiger partial charge < -0.3 is 20.1 Å². The molecule has 11 nitrogen and oxygen atoms in total. The molecule has 1 saturated carbocycles. The highest BCUT2D eigenvalue weighted by atomic mass is 32.1. The van der Waals surface area contributed by atoms with Gasteiger partial charge in [0, 0.05) is 63.1 Å². The number of thiazole rings is 1. The predicted molar refractivity (Wildman–Crippen MR) is 158 cm³/mol. The van der Waals surface area contributed by atoms with Crippen LogP contribution in [0, 0.1) is 24.7 Å². The number of aromatic nitrogens is 3. The molecule has 12 heteroatoms. The van der Waals surface area contributed by atoms with Gasteiger partial charge in [-0.05, 0) is 37.2 Å². The van der Waals surface area contributed by atoms with Crippen LogP contribution in [-0.4, -0.2) is 67.8 Å². The van der Waals surface area contributed by atoms with Gasteiger partial charge in [0.05, 0.1) is 5.92 Å². The summed E-state index contributed by atoms with van der Waals surface area (Å²) in [5.74, 6) is -1.29. The highest BCUT2D eigenvalue weighted by molar-refractivity contribution is 7.09. The van der Waals surface area contributed by atoms with Crippen molar-refractivity contribution in [2.24, 2.45) is 17.8 Å². The van der Waals surface area contributed by atoms with Gasteiger partial charge in [-0.25, -0.2) is 15.0 Å². The molecule has 1 aliphatic rings. The van der Waals surface area contributed by atoms with Gasteiger partial charge in [-0.15, -0.1) is 11.3 Å². The Hall–Kier alpha value is -3.41. The van der Waals surface area contributed by atoms with Crippen LogP contribution in [0.5, 0.6) is 0 Å². The third kappa shape index (κ3) is 10.1. The Morgan fingerprint density at radius 3 is 2.38 bits per heavy atom. The number of carboxylic acid groups (broad SMARTS) is 1. The molecule has 2 amide bonds. The van der Waals surface area contributed by atoms with Gasteiger partial charge in [0.2, 0.25) is 5.91 Å². The van der Waals surface area contributed by atoms with Crippen LogP contribution in [0.1, 0.15) is 99.2 Å². The van der Waals surface area contributed by atoms with E-state index in [1.165, 1.54) is 31.1 Å². The van der Waals surface area contributed by atoms with Crippen LogP contribution in [0.25, 0.3) is 0 Å². The molecule has 0 bridgehead atoms. The SMILES string of the molecule is CC(=O)O[C@H](CC(C(C)C)N(C)C(=O)CCC1CC1)c1nc(C(=O)N[C@@H](Cc2ncc(C)cn2)C[C@H](C)C(=O)O)cs1. The Balaban J connectivity index is 1.74. The summed E-state index contributed by atoms with van der Waals surface area (Å²) in [4.78, 5) is 64.6. The molecule has 2 heterocycles. The van der Waals surface area contributed by atoms with Crippen molar-refractivity contribution in [2.45, 2.75) is 97.8 Å². The third-order valence-corrected chi connectivity index (χ3v) is 8.51. The van der Waals surface area contributed by atoms with Gasteiger partial charge >= 0.3 is 11.9 Å². The summed E-state index contributed by atoms with van der Waals surface area (Å²) in [5.41, 5.74) is 1.03. The molecule has 2 aromatic heterocycles. The summed E-state index contributed by atoms with van der Waals surface area (Å²) < 4.78 is 5.65. The minimum absolute atomic E-state index is 0.0700. The maximum atomic E-state index is 13.3. The molecule has 230 valence electrons. The molecule has 0 aromatic carbocycles. The fourth-order valence-corrected chi connectivity index (χ4v) is 5.70. The van der Waals surface area contributed by atoms with Crippen LogP contribution >= 0.6 is 11.3 Å². The average Bonchev–Trinajstić information content (AvgIpc) is 3.62. The molecule has 4 atom stereocenters. The van der Waals surface area contributed by atoms with E-state index in [-0.39, 0.29) is 36.4 Å². The Morgan fingerprint density at radius 2 is 1.81 bits per heavy atom. The molecule has 3 rings (SSSR count). The minimum atomic E-state index is -0.963. The second kappa shape index (κ2) is 15.2. The first-order valence-corrected chi connectivity index (χ1v) is 15.4. The van der Waals surface area contributed by atoms with Gasteiger partial charge in [0.15, 0.2) is 6.10 Å². The molecule has 0 radical (unpaired) electrons. The quantitative estimate of drug-likeness (QED) is 0.267. The number of nitrogens with zero attached hydrogens (tertiary/aromatic N) is 4. The van der Waals surface area contributed by atoms with Crippen molar-refractivity contribution in [3.8, 4) is 0 Å². The fraction of sp³-hybridized carbons (Fsp3) is 0.633. The smallest absolute Gasteiger partial charge is 0.306 e. The van der Waals surface area contributed by atoms with Crippen LogP contribution in [0.3, 0.4) is 0 Å². The maximum absolute atomic E-state index is 13.3. The zero-order valence-electron chi connectivity index (χ0n) is 25.3. The molecule has 0 aliphatic heterocycles. The number of hydrogen-bond acceptors (Lipinski definition) is 9. The van der Waals surface area contributed by atoms with Crippen molar-refractivity contribution in [2.75, 3.05) is 7.05 Å². The third-order valence-electron chi connectivity index (χ3n) is 7.58. The van der Waals surface area contributed by atoms with E-state index in [4.69, 9.17) is 4.74 Å². The van der Waals surface area contributed by atoms with Crippen molar-refractivity contribution in [3.63, 3.8) is 0 Å². The topological polar surface area (TPSA) is 152 Å². The van der Waals surface area contributed by atoms with Crippen LogP contribution in [0.15, 0.2) is 17.8 Å². The number of aryl methyl sites for hydroxylation is 1. The lowest BCUT2D eigenvalue weighted by atomic mass is 9.96. The number of nitrogens with one attached hydrogen (secondary N) is 1. The number of esters is 1.